The van der Waals surface area contributed by atoms with Gasteiger partial charge in [0.2, 0.25) is 5.91 Å². The summed E-state index contributed by atoms with van der Waals surface area (Å²) in [5, 5.41) is 11.1. The molecule has 6 nitrogen and oxygen atoms in total. The number of para-hydroxylation sites is 1. The summed E-state index contributed by atoms with van der Waals surface area (Å²) in [7, 11) is 0. The van der Waals surface area contributed by atoms with E-state index in [-0.39, 0.29) is 23.9 Å². The first kappa shape index (κ1) is 15.9. The van der Waals surface area contributed by atoms with E-state index in [1.54, 1.807) is 24.3 Å². The zero-order valence-corrected chi connectivity index (χ0v) is 13.6. The fraction of sp³-hybridized carbons (Fsp3) is 0.222. The molecule has 0 radical (unpaired) electrons. The van der Waals surface area contributed by atoms with Gasteiger partial charge in [0.15, 0.2) is 0 Å². The van der Waals surface area contributed by atoms with Gasteiger partial charge in [-0.15, -0.1) is 5.10 Å². The Morgan fingerprint density at radius 1 is 1.12 bits per heavy atom. The van der Waals surface area contributed by atoms with Crippen molar-refractivity contribution in [2.24, 2.45) is 0 Å². The van der Waals surface area contributed by atoms with Crippen molar-refractivity contribution in [1.82, 2.24) is 15.0 Å². The summed E-state index contributed by atoms with van der Waals surface area (Å²) in [6.07, 6.45) is 0. The number of carbonyl (C=O) groups is 1. The number of carbonyl (C=O) groups excluding carboxylic acids is 1. The predicted molar refractivity (Wildman–Crippen MR) is 93.0 cm³/mol. The van der Waals surface area contributed by atoms with E-state index in [1.807, 2.05) is 24.3 Å². The summed E-state index contributed by atoms with van der Waals surface area (Å²) >= 11 is 0. The molecular weight excluding hydrogens is 304 g/mol. The summed E-state index contributed by atoms with van der Waals surface area (Å²) in [6.45, 7) is 3.94. The van der Waals surface area contributed by atoms with Gasteiger partial charge in [-0.3, -0.25) is 9.59 Å². The Bertz CT molecular complexity index is 947. The van der Waals surface area contributed by atoms with Crippen LogP contribution in [0.15, 0.2) is 53.3 Å². The lowest BCUT2D eigenvalue weighted by molar-refractivity contribution is -0.117. The van der Waals surface area contributed by atoms with Crippen LogP contribution in [0.25, 0.3) is 10.9 Å². The maximum atomic E-state index is 12.4. The molecule has 1 aromatic heterocycles. The van der Waals surface area contributed by atoms with Crippen LogP contribution in [0.2, 0.25) is 0 Å². The summed E-state index contributed by atoms with van der Waals surface area (Å²) in [4.78, 5) is 24.7. The number of amides is 1. The van der Waals surface area contributed by atoms with Gasteiger partial charge >= 0.3 is 0 Å². The normalized spacial score (nSPS) is 11.0. The van der Waals surface area contributed by atoms with Crippen molar-refractivity contribution in [3.63, 3.8) is 0 Å². The molecule has 0 saturated carbocycles. The molecule has 1 amide bonds. The number of hydrogen-bond donors (Lipinski definition) is 1. The van der Waals surface area contributed by atoms with E-state index in [2.05, 4.69) is 29.5 Å². The molecule has 0 bridgehead atoms. The van der Waals surface area contributed by atoms with E-state index >= 15 is 0 Å². The minimum absolute atomic E-state index is 0.177. The average Bonchev–Trinajstić information content (AvgIpc) is 2.58. The molecule has 0 saturated heterocycles. The SMILES string of the molecule is CC(C)c1ccccc1NC(=O)Cn1nnc2ccccc2c1=O. The Balaban J connectivity index is 1.84. The van der Waals surface area contributed by atoms with E-state index in [0.717, 1.165) is 15.9 Å². The summed E-state index contributed by atoms with van der Waals surface area (Å²) in [6, 6.07) is 14.6. The Morgan fingerprint density at radius 3 is 2.62 bits per heavy atom. The van der Waals surface area contributed by atoms with Gasteiger partial charge in [-0.05, 0) is 29.7 Å². The number of fused-ring (bicyclic) bond motifs is 1. The van der Waals surface area contributed by atoms with Gasteiger partial charge in [0.05, 0.1) is 5.39 Å². The third-order valence-corrected chi connectivity index (χ3v) is 3.78. The number of nitrogens with one attached hydrogen (secondary N) is 1. The molecule has 0 aliphatic heterocycles. The number of nitrogens with zero attached hydrogens (tertiary/aromatic N) is 3. The predicted octanol–water partition coefficient (Wildman–Crippen LogP) is 2.55. The van der Waals surface area contributed by atoms with Gasteiger partial charge in [0, 0.05) is 5.69 Å². The molecule has 0 spiro atoms. The summed E-state index contributed by atoms with van der Waals surface area (Å²) in [5.74, 6) is -0.0283. The Labute approximate surface area is 139 Å². The van der Waals surface area contributed by atoms with Gasteiger partial charge in [0.25, 0.3) is 5.56 Å². The van der Waals surface area contributed by atoms with E-state index in [9.17, 15) is 9.59 Å². The molecule has 24 heavy (non-hydrogen) atoms. The van der Waals surface area contributed by atoms with Crippen LogP contribution in [-0.2, 0) is 11.3 Å². The highest BCUT2D eigenvalue weighted by Gasteiger charge is 2.12. The van der Waals surface area contributed by atoms with Crippen LogP contribution in [0.5, 0.6) is 0 Å². The van der Waals surface area contributed by atoms with Crippen molar-refractivity contribution in [2.45, 2.75) is 26.3 Å². The standard InChI is InChI=1S/C18H18N4O2/c1-12(2)13-7-3-5-9-15(13)19-17(23)11-22-18(24)14-8-4-6-10-16(14)20-21-22/h3-10,12H,11H2,1-2H3,(H,19,23). The van der Waals surface area contributed by atoms with E-state index in [1.165, 1.54) is 0 Å². The van der Waals surface area contributed by atoms with Gasteiger partial charge in [0.1, 0.15) is 12.1 Å². The fourth-order valence-corrected chi connectivity index (χ4v) is 2.57. The third kappa shape index (κ3) is 3.17. The van der Waals surface area contributed by atoms with Crippen molar-refractivity contribution in [3.8, 4) is 0 Å². The van der Waals surface area contributed by atoms with Crippen molar-refractivity contribution in [3.05, 3.63) is 64.4 Å². The highest BCUT2D eigenvalue weighted by Crippen LogP contribution is 2.23. The molecule has 0 unspecified atom stereocenters. The van der Waals surface area contributed by atoms with Gasteiger partial charge in [-0.2, -0.15) is 0 Å². The quantitative estimate of drug-likeness (QED) is 0.801. The first-order chi connectivity index (χ1) is 11.6. The van der Waals surface area contributed by atoms with Gasteiger partial charge in [-0.1, -0.05) is 49.4 Å². The second kappa shape index (κ2) is 6.62. The molecule has 1 N–H and O–H groups in total. The number of rotatable bonds is 4. The molecule has 122 valence electrons. The van der Waals surface area contributed by atoms with Crippen molar-refractivity contribution < 1.29 is 4.79 Å². The van der Waals surface area contributed by atoms with Crippen molar-refractivity contribution >= 4 is 22.5 Å². The van der Waals surface area contributed by atoms with Crippen LogP contribution < -0.4 is 10.9 Å². The van der Waals surface area contributed by atoms with E-state index < -0.39 is 0 Å². The van der Waals surface area contributed by atoms with Crippen LogP contribution in [0.1, 0.15) is 25.3 Å². The molecule has 1 heterocycles. The maximum absolute atomic E-state index is 12.4. The van der Waals surface area contributed by atoms with Crippen LogP contribution in [0.3, 0.4) is 0 Å². The molecule has 0 aliphatic rings. The smallest absolute Gasteiger partial charge is 0.278 e. The summed E-state index contributed by atoms with van der Waals surface area (Å²) < 4.78 is 1.08. The Hall–Kier alpha value is -3.02. The minimum Gasteiger partial charge on any atom is -0.324 e. The lowest BCUT2D eigenvalue weighted by atomic mass is 10.0. The summed E-state index contributed by atoms with van der Waals surface area (Å²) in [5.41, 5.74) is 1.99. The molecular formula is C18H18N4O2. The van der Waals surface area contributed by atoms with Crippen LogP contribution in [0.4, 0.5) is 5.69 Å². The lowest BCUT2D eigenvalue weighted by Crippen LogP contribution is -2.30. The van der Waals surface area contributed by atoms with Crippen LogP contribution in [0, 0.1) is 0 Å². The monoisotopic (exact) mass is 322 g/mol. The second-order valence-electron chi connectivity index (χ2n) is 5.86. The third-order valence-electron chi connectivity index (χ3n) is 3.78. The number of benzene rings is 2. The molecule has 0 fully saturated rings. The number of hydrogen-bond acceptors (Lipinski definition) is 4. The van der Waals surface area contributed by atoms with Gasteiger partial charge < -0.3 is 5.32 Å². The maximum Gasteiger partial charge on any atom is 0.278 e. The molecule has 0 aliphatic carbocycles. The number of aromatic nitrogens is 3. The number of anilines is 1. The first-order valence-corrected chi connectivity index (χ1v) is 7.77. The molecule has 3 rings (SSSR count). The minimum atomic E-state index is -0.326. The van der Waals surface area contributed by atoms with Crippen LogP contribution >= 0.6 is 0 Å². The first-order valence-electron chi connectivity index (χ1n) is 7.77. The second-order valence-corrected chi connectivity index (χ2v) is 5.86. The zero-order chi connectivity index (χ0) is 17.1. The fourth-order valence-electron chi connectivity index (χ4n) is 2.57. The molecule has 3 aromatic rings. The average molecular weight is 322 g/mol. The van der Waals surface area contributed by atoms with Crippen LogP contribution in [-0.4, -0.2) is 20.9 Å². The highest BCUT2D eigenvalue weighted by molar-refractivity contribution is 5.91. The largest absolute Gasteiger partial charge is 0.324 e. The zero-order valence-electron chi connectivity index (χ0n) is 13.6. The van der Waals surface area contributed by atoms with E-state index in [0.29, 0.717) is 10.9 Å². The van der Waals surface area contributed by atoms with Gasteiger partial charge in [-0.25, -0.2) is 4.68 Å². The van der Waals surface area contributed by atoms with Crippen molar-refractivity contribution in [2.75, 3.05) is 5.32 Å². The highest BCUT2D eigenvalue weighted by atomic mass is 16.2. The Kier molecular flexibility index (Phi) is 4.37. The lowest BCUT2D eigenvalue weighted by Gasteiger charge is -2.13. The molecule has 0 atom stereocenters. The Morgan fingerprint density at radius 2 is 1.83 bits per heavy atom. The topological polar surface area (TPSA) is 76.9 Å². The molecule has 6 heteroatoms. The molecule has 2 aromatic carbocycles. The van der Waals surface area contributed by atoms with E-state index in [4.69, 9.17) is 0 Å². The van der Waals surface area contributed by atoms with Crippen molar-refractivity contribution in [1.29, 1.82) is 0 Å².